The van der Waals surface area contributed by atoms with Crippen molar-refractivity contribution < 1.29 is 13.2 Å². The molecule has 20 heavy (non-hydrogen) atoms. The van der Waals surface area contributed by atoms with Gasteiger partial charge in [0.2, 0.25) is 0 Å². The fraction of sp³-hybridized carbons (Fsp3) is 0.438. The lowest BCUT2D eigenvalue weighted by atomic mass is 10.0. The van der Waals surface area contributed by atoms with Crippen LogP contribution in [0.3, 0.4) is 0 Å². The summed E-state index contributed by atoms with van der Waals surface area (Å²) in [5.74, 6) is 0.437. The standard InChI is InChI=1S/C16H22O3S/c1-13(2)11-15(17)12-14(3)9-10-20(18,19)16-7-5-4-6-8-16/h4-9,13H,10-12H2,1-3H3. The van der Waals surface area contributed by atoms with Gasteiger partial charge in [-0.25, -0.2) is 8.42 Å². The Morgan fingerprint density at radius 2 is 1.80 bits per heavy atom. The highest BCUT2D eigenvalue weighted by Crippen LogP contribution is 2.13. The van der Waals surface area contributed by atoms with Gasteiger partial charge in [0, 0.05) is 12.8 Å². The predicted octanol–water partition coefficient (Wildman–Crippen LogP) is 3.41. The van der Waals surface area contributed by atoms with Gasteiger partial charge in [0.1, 0.15) is 5.78 Å². The highest BCUT2D eigenvalue weighted by atomic mass is 32.2. The number of ketones is 1. The highest BCUT2D eigenvalue weighted by Gasteiger charge is 2.12. The van der Waals surface area contributed by atoms with Gasteiger partial charge in [-0.15, -0.1) is 0 Å². The normalized spacial score (nSPS) is 12.7. The van der Waals surface area contributed by atoms with Crippen molar-refractivity contribution in [1.29, 1.82) is 0 Å². The first-order valence-corrected chi connectivity index (χ1v) is 8.41. The minimum Gasteiger partial charge on any atom is -0.299 e. The van der Waals surface area contributed by atoms with Gasteiger partial charge in [-0.1, -0.05) is 43.7 Å². The van der Waals surface area contributed by atoms with Gasteiger partial charge in [-0.3, -0.25) is 4.79 Å². The van der Waals surface area contributed by atoms with E-state index in [9.17, 15) is 13.2 Å². The third-order valence-electron chi connectivity index (χ3n) is 2.87. The van der Waals surface area contributed by atoms with Crippen molar-refractivity contribution in [3.8, 4) is 0 Å². The Hall–Kier alpha value is -1.42. The topological polar surface area (TPSA) is 51.2 Å². The van der Waals surface area contributed by atoms with Crippen LogP contribution in [0.4, 0.5) is 0 Å². The first-order valence-electron chi connectivity index (χ1n) is 6.76. The van der Waals surface area contributed by atoms with Crippen molar-refractivity contribution >= 4 is 15.6 Å². The number of hydrogen-bond acceptors (Lipinski definition) is 3. The maximum atomic E-state index is 12.1. The summed E-state index contributed by atoms with van der Waals surface area (Å²) < 4.78 is 24.1. The molecule has 1 aromatic rings. The molecule has 0 atom stereocenters. The van der Waals surface area contributed by atoms with E-state index in [0.29, 0.717) is 23.7 Å². The van der Waals surface area contributed by atoms with Crippen molar-refractivity contribution in [3.63, 3.8) is 0 Å². The highest BCUT2D eigenvalue weighted by molar-refractivity contribution is 7.91. The molecule has 110 valence electrons. The smallest absolute Gasteiger partial charge is 0.181 e. The summed E-state index contributed by atoms with van der Waals surface area (Å²) in [5.41, 5.74) is 0.815. The van der Waals surface area contributed by atoms with Crippen LogP contribution in [0.25, 0.3) is 0 Å². The zero-order chi connectivity index (χ0) is 15.2. The fourth-order valence-electron chi connectivity index (χ4n) is 1.89. The zero-order valence-electron chi connectivity index (χ0n) is 12.3. The second-order valence-electron chi connectivity index (χ2n) is 5.46. The molecule has 0 aliphatic rings. The number of hydrogen-bond donors (Lipinski definition) is 0. The first-order chi connectivity index (χ1) is 9.31. The molecule has 0 heterocycles. The third-order valence-corrected chi connectivity index (χ3v) is 4.46. The molecule has 0 fully saturated rings. The van der Waals surface area contributed by atoms with Gasteiger partial charge in [0.05, 0.1) is 10.6 Å². The summed E-state index contributed by atoms with van der Waals surface area (Å²) in [7, 11) is -3.30. The first kappa shape index (κ1) is 16.6. The van der Waals surface area contributed by atoms with Gasteiger partial charge >= 0.3 is 0 Å². The lowest BCUT2D eigenvalue weighted by Crippen LogP contribution is -2.07. The van der Waals surface area contributed by atoms with E-state index in [1.165, 1.54) is 0 Å². The number of Topliss-reactive ketones (excluding diaryl/α,β-unsaturated/α-hetero) is 1. The largest absolute Gasteiger partial charge is 0.299 e. The van der Waals surface area contributed by atoms with E-state index in [1.54, 1.807) is 43.3 Å². The van der Waals surface area contributed by atoms with Crippen LogP contribution in [0, 0.1) is 5.92 Å². The summed E-state index contributed by atoms with van der Waals surface area (Å²) in [6.07, 6.45) is 2.51. The summed E-state index contributed by atoms with van der Waals surface area (Å²) in [4.78, 5) is 12.0. The zero-order valence-corrected chi connectivity index (χ0v) is 13.1. The lowest BCUT2D eigenvalue weighted by Gasteiger charge is -2.05. The van der Waals surface area contributed by atoms with Crippen LogP contribution in [-0.4, -0.2) is 20.0 Å². The molecule has 0 N–H and O–H groups in total. The Bertz CT molecular complexity index is 569. The van der Waals surface area contributed by atoms with E-state index < -0.39 is 9.84 Å². The summed E-state index contributed by atoms with van der Waals surface area (Å²) in [6.45, 7) is 5.80. The molecule has 0 amide bonds. The average molecular weight is 294 g/mol. The molecule has 1 aromatic carbocycles. The van der Waals surface area contributed by atoms with E-state index in [1.807, 2.05) is 13.8 Å². The number of rotatable bonds is 7. The van der Waals surface area contributed by atoms with Crippen LogP contribution in [0.1, 0.15) is 33.6 Å². The van der Waals surface area contributed by atoms with Gasteiger partial charge in [-0.05, 0) is 25.0 Å². The Morgan fingerprint density at radius 1 is 1.20 bits per heavy atom. The molecule has 0 unspecified atom stereocenters. The molecule has 0 aliphatic carbocycles. The third kappa shape index (κ3) is 5.70. The Balaban J connectivity index is 2.65. The molecular weight excluding hydrogens is 272 g/mol. The van der Waals surface area contributed by atoms with Crippen molar-refractivity contribution in [1.82, 2.24) is 0 Å². The van der Waals surface area contributed by atoms with Crippen LogP contribution >= 0.6 is 0 Å². The van der Waals surface area contributed by atoms with E-state index in [2.05, 4.69) is 0 Å². The van der Waals surface area contributed by atoms with Crippen LogP contribution in [-0.2, 0) is 14.6 Å². The van der Waals surface area contributed by atoms with E-state index in [0.717, 1.165) is 5.57 Å². The minimum absolute atomic E-state index is 0.0577. The van der Waals surface area contributed by atoms with Crippen molar-refractivity contribution in [2.45, 2.75) is 38.5 Å². The van der Waals surface area contributed by atoms with Gasteiger partial charge in [0.15, 0.2) is 9.84 Å². The minimum atomic E-state index is -3.30. The van der Waals surface area contributed by atoms with E-state index >= 15 is 0 Å². The summed E-state index contributed by atoms with van der Waals surface area (Å²) in [5, 5.41) is 0. The molecule has 0 aliphatic heterocycles. The second kappa shape index (κ2) is 7.39. The molecule has 0 saturated heterocycles. The number of benzene rings is 1. The van der Waals surface area contributed by atoms with Crippen LogP contribution in [0.2, 0.25) is 0 Å². The van der Waals surface area contributed by atoms with Crippen molar-refractivity contribution in [3.05, 3.63) is 42.0 Å². The summed E-state index contributed by atoms with van der Waals surface area (Å²) in [6, 6.07) is 8.36. The lowest BCUT2D eigenvalue weighted by molar-refractivity contribution is -0.119. The Labute approximate surface area is 121 Å². The van der Waals surface area contributed by atoms with E-state index in [-0.39, 0.29) is 11.5 Å². The fourth-order valence-corrected chi connectivity index (χ4v) is 3.15. The number of carbonyl (C=O) groups excluding carboxylic acids is 1. The van der Waals surface area contributed by atoms with Gasteiger partial charge in [0.25, 0.3) is 0 Å². The molecule has 0 bridgehead atoms. The maximum absolute atomic E-state index is 12.1. The number of carbonyl (C=O) groups is 1. The Kier molecular flexibility index (Phi) is 6.14. The Morgan fingerprint density at radius 3 is 2.35 bits per heavy atom. The maximum Gasteiger partial charge on any atom is 0.181 e. The van der Waals surface area contributed by atoms with Crippen LogP contribution in [0.5, 0.6) is 0 Å². The van der Waals surface area contributed by atoms with Crippen molar-refractivity contribution in [2.75, 3.05) is 5.75 Å². The molecule has 0 aromatic heterocycles. The molecule has 0 spiro atoms. The van der Waals surface area contributed by atoms with Crippen molar-refractivity contribution in [2.24, 2.45) is 5.92 Å². The monoisotopic (exact) mass is 294 g/mol. The van der Waals surface area contributed by atoms with Gasteiger partial charge in [-0.2, -0.15) is 0 Å². The van der Waals surface area contributed by atoms with Crippen LogP contribution in [0.15, 0.2) is 46.9 Å². The van der Waals surface area contributed by atoms with E-state index in [4.69, 9.17) is 0 Å². The molecule has 0 radical (unpaired) electrons. The molecule has 0 saturated carbocycles. The van der Waals surface area contributed by atoms with Gasteiger partial charge < -0.3 is 0 Å². The average Bonchev–Trinajstić information content (AvgIpc) is 2.36. The SMILES string of the molecule is CC(=CCS(=O)(=O)c1ccccc1)CC(=O)CC(C)C. The molecule has 1 rings (SSSR count). The van der Waals surface area contributed by atoms with Crippen LogP contribution < -0.4 is 0 Å². The quantitative estimate of drug-likeness (QED) is 0.724. The summed E-state index contributed by atoms with van der Waals surface area (Å²) >= 11 is 0. The second-order valence-corrected chi connectivity index (χ2v) is 7.49. The molecular formula is C16H22O3S. The predicted molar refractivity (Wildman–Crippen MR) is 81.3 cm³/mol. The molecule has 4 heteroatoms. The number of allylic oxidation sites excluding steroid dienone is 1. The molecule has 3 nitrogen and oxygen atoms in total. The number of sulfone groups is 1.